The molecule has 0 saturated heterocycles. The SMILES string of the molecule is CCOC(=O)C1=C(c2ccccc2)N=c2s/c(=C\c3ccc(OCC)cc3)c(=O)n2[C@H]1c1ccc(OC)cc1. The fraction of sp³-hybridized carbons (Fsp3) is 0.194. The second kappa shape index (κ2) is 11.5. The Kier molecular flexibility index (Phi) is 7.74. The number of hydrogen-bond acceptors (Lipinski definition) is 7. The number of ether oxygens (including phenoxy) is 3. The molecule has 0 radical (unpaired) electrons. The molecule has 7 nitrogen and oxygen atoms in total. The third-order valence-corrected chi connectivity index (χ3v) is 7.28. The van der Waals surface area contributed by atoms with Crippen molar-refractivity contribution < 1.29 is 19.0 Å². The van der Waals surface area contributed by atoms with Gasteiger partial charge in [0.25, 0.3) is 5.56 Å². The minimum atomic E-state index is -0.733. The van der Waals surface area contributed by atoms with Crippen molar-refractivity contribution in [1.82, 2.24) is 4.57 Å². The van der Waals surface area contributed by atoms with Crippen molar-refractivity contribution in [1.29, 1.82) is 0 Å². The van der Waals surface area contributed by atoms with Gasteiger partial charge in [0.15, 0.2) is 4.80 Å². The molecule has 8 heteroatoms. The maximum atomic E-state index is 13.9. The number of hydrogen-bond donors (Lipinski definition) is 0. The molecule has 3 aromatic carbocycles. The maximum Gasteiger partial charge on any atom is 0.338 e. The van der Waals surface area contributed by atoms with Crippen molar-refractivity contribution in [3.05, 3.63) is 121 Å². The van der Waals surface area contributed by atoms with Crippen LogP contribution in [-0.4, -0.2) is 30.9 Å². The Labute approximate surface area is 229 Å². The van der Waals surface area contributed by atoms with Crippen molar-refractivity contribution >= 4 is 29.1 Å². The summed E-state index contributed by atoms with van der Waals surface area (Å²) in [6.07, 6.45) is 1.83. The first-order chi connectivity index (χ1) is 19.0. The number of carbonyl (C=O) groups is 1. The van der Waals surface area contributed by atoms with E-state index in [0.29, 0.717) is 33.0 Å². The second-order valence-electron chi connectivity index (χ2n) is 8.71. The van der Waals surface area contributed by atoms with Crippen LogP contribution in [0.2, 0.25) is 0 Å². The highest BCUT2D eigenvalue weighted by atomic mass is 32.1. The molecule has 4 aromatic rings. The summed E-state index contributed by atoms with van der Waals surface area (Å²) < 4.78 is 18.5. The Morgan fingerprint density at radius 3 is 2.28 bits per heavy atom. The summed E-state index contributed by atoms with van der Waals surface area (Å²) in [6.45, 7) is 4.47. The average molecular weight is 541 g/mol. The van der Waals surface area contributed by atoms with Gasteiger partial charge in [0.05, 0.1) is 42.2 Å². The highest BCUT2D eigenvalue weighted by Crippen LogP contribution is 2.35. The van der Waals surface area contributed by atoms with Gasteiger partial charge in [0.2, 0.25) is 0 Å². The summed E-state index contributed by atoms with van der Waals surface area (Å²) in [7, 11) is 1.59. The van der Waals surface area contributed by atoms with Crippen LogP contribution in [0.15, 0.2) is 94.2 Å². The summed E-state index contributed by atoms with van der Waals surface area (Å²) in [4.78, 5) is 32.8. The van der Waals surface area contributed by atoms with E-state index in [9.17, 15) is 9.59 Å². The molecule has 0 N–H and O–H groups in total. The van der Waals surface area contributed by atoms with Crippen LogP contribution in [0.25, 0.3) is 11.8 Å². The van der Waals surface area contributed by atoms with E-state index in [0.717, 1.165) is 22.4 Å². The highest BCUT2D eigenvalue weighted by Gasteiger charge is 2.35. The third kappa shape index (κ3) is 5.28. The quantitative estimate of drug-likeness (QED) is 0.311. The van der Waals surface area contributed by atoms with Crippen LogP contribution in [-0.2, 0) is 9.53 Å². The van der Waals surface area contributed by atoms with Crippen LogP contribution in [0.4, 0.5) is 0 Å². The van der Waals surface area contributed by atoms with Gasteiger partial charge in [-0.15, -0.1) is 0 Å². The number of fused-ring (bicyclic) bond motifs is 1. The molecule has 2 heterocycles. The van der Waals surface area contributed by atoms with E-state index < -0.39 is 12.0 Å². The Bertz CT molecular complexity index is 1690. The fourth-order valence-electron chi connectivity index (χ4n) is 4.52. The Hall–Kier alpha value is -4.43. The van der Waals surface area contributed by atoms with E-state index in [1.165, 1.54) is 11.3 Å². The van der Waals surface area contributed by atoms with E-state index in [2.05, 4.69) is 0 Å². The van der Waals surface area contributed by atoms with Crippen molar-refractivity contribution in [3.8, 4) is 11.5 Å². The molecule has 0 bridgehead atoms. The Balaban J connectivity index is 1.76. The second-order valence-corrected chi connectivity index (χ2v) is 9.72. The zero-order chi connectivity index (χ0) is 27.4. The van der Waals surface area contributed by atoms with E-state index >= 15 is 0 Å². The lowest BCUT2D eigenvalue weighted by Crippen LogP contribution is -2.40. The monoisotopic (exact) mass is 540 g/mol. The molecule has 0 aliphatic carbocycles. The van der Waals surface area contributed by atoms with Gasteiger partial charge in [0, 0.05) is 5.56 Å². The van der Waals surface area contributed by atoms with Crippen molar-refractivity contribution in [2.24, 2.45) is 4.99 Å². The van der Waals surface area contributed by atoms with E-state index in [1.54, 1.807) is 18.6 Å². The zero-order valence-corrected chi connectivity index (χ0v) is 22.7. The van der Waals surface area contributed by atoms with Crippen LogP contribution in [0.5, 0.6) is 11.5 Å². The van der Waals surface area contributed by atoms with E-state index in [-0.39, 0.29) is 12.2 Å². The van der Waals surface area contributed by atoms with E-state index in [4.69, 9.17) is 19.2 Å². The highest BCUT2D eigenvalue weighted by molar-refractivity contribution is 7.07. The van der Waals surface area contributed by atoms with Gasteiger partial charge in [0.1, 0.15) is 11.5 Å². The van der Waals surface area contributed by atoms with Gasteiger partial charge >= 0.3 is 5.97 Å². The number of thiazole rings is 1. The molecular formula is C31H28N2O5S. The molecular weight excluding hydrogens is 512 g/mol. The summed E-state index contributed by atoms with van der Waals surface area (Å²) in [5.74, 6) is 0.926. The number of carbonyl (C=O) groups excluding carboxylic acids is 1. The van der Waals surface area contributed by atoms with Crippen molar-refractivity contribution in [2.75, 3.05) is 20.3 Å². The van der Waals surface area contributed by atoms with Crippen LogP contribution in [0.1, 0.15) is 36.6 Å². The van der Waals surface area contributed by atoms with Gasteiger partial charge in [-0.1, -0.05) is 65.9 Å². The summed E-state index contributed by atoms with van der Waals surface area (Å²) >= 11 is 1.29. The van der Waals surface area contributed by atoms with Crippen LogP contribution >= 0.6 is 11.3 Å². The van der Waals surface area contributed by atoms with E-state index in [1.807, 2.05) is 91.9 Å². The van der Waals surface area contributed by atoms with Crippen LogP contribution in [0.3, 0.4) is 0 Å². The van der Waals surface area contributed by atoms with Crippen LogP contribution in [0, 0.1) is 0 Å². The van der Waals surface area contributed by atoms with Crippen molar-refractivity contribution in [2.45, 2.75) is 19.9 Å². The molecule has 39 heavy (non-hydrogen) atoms. The number of benzene rings is 3. The van der Waals surface area contributed by atoms with Crippen LogP contribution < -0.4 is 24.4 Å². The lowest BCUT2D eigenvalue weighted by Gasteiger charge is -2.26. The number of rotatable bonds is 8. The predicted molar refractivity (Wildman–Crippen MR) is 152 cm³/mol. The fourth-order valence-corrected chi connectivity index (χ4v) is 5.52. The first kappa shape index (κ1) is 26.2. The summed E-state index contributed by atoms with van der Waals surface area (Å²) in [5, 5.41) is 0. The molecule has 1 aliphatic rings. The Morgan fingerprint density at radius 1 is 0.949 bits per heavy atom. The van der Waals surface area contributed by atoms with Crippen molar-refractivity contribution in [3.63, 3.8) is 0 Å². The van der Waals surface area contributed by atoms with Gasteiger partial charge in [-0.3, -0.25) is 9.36 Å². The molecule has 0 amide bonds. The maximum absolute atomic E-state index is 13.9. The molecule has 0 saturated carbocycles. The molecule has 1 aromatic heterocycles. The minimum Gasteiger partial charge on any atom is -0.497 e. The Morgan fingerprint density at radius 2 is 1.64 bits per heavy atom. The minimum absolute atomic E-state index is 0.196. The molecule has 0 unspecified atom stereocenters. The number of aromatic nitrogens is 1. The van der Waals surface area contributed by atoms with Gasteiger partial charge in [-0.05, 0) is 55.3 Å². The van der Waals surface area contributed by atoms with Gasteiger partial charge < -0.3 is 14.2 Å². The molecule has 5 rings (SSSR count). The predicted octanol–water partition coefficient (Wildman–Crippen LogP) is 4.34. The number of esters is 1. The number of nitrogens with zero attached hydrogens (tertiary/aromatic N) is 2. The first-order valence-corrected chi connectivity index (χ1v) is 13.5. The van der Waals surface area contributed by atoms with Gasteiger partial charge in [-0.2, -0.15) is 0 Å². The lowest BCUT2D eigenvalue weighted by atomic mass is 9.93. The topological polar surface area (TPSA) is 79.1 Å². The smallest absolute Gasteiger partial charge is 0.338 e. The third-order valence-electron chi connectivity index (χ3n) is 6.29. The molecule has 198 valence electrons. The van der Waals surface area contributed by atoms with Gasteiger partial charge in [-0.25, -0.2) is 9.79 Å². The standard InChI is InChI=1S/C31H28N2O5S/c1-4-37-24-15-11-20(12-16-24)19-25-29(34)33-28(22-13-17-23(36-3)18-14-22)26(30(35)38-5-2)27(32-31(33)39-25)21-9-7-6-8-10-21/h6-19,28H,4-5H2,1-3H3/b25-19-/t28-/m0/s1. The zero-order valence-electron chi connectivity index (χ0n) is 21.9. The molecule has 0 fully saturated rings. The lowest BCUT2D eigenvalue weighted by molar-refractivity contribution is -0.138. The molecule has 0 spiro atoms. The normalized spacial score (nSPS) is 14.9. The largest absolute Gasteiger partial charge is 0.497 e. The molecule has 1 aliphatic heterocycles. The average Bonchev–Trinajstić information content (AvgIpc) is 3.28. The molecule has 1 atom stereocenters. The first-order valence-electron chi connectivity index (χ1n) is 12.7. The summed E-state index contributed by atoms with van der Waals surface area (Å²) in [5.41, 5.74) is 2.94. The number of methoxy groups -OCH3 is 1. The summed E-state index contributed by atoms with van der Waals surface area (Å²) in [6, 6.07) is 23.7.